The molecule has 0 spiro atoms. The Hall–Kier alpha value is -3.76. The fourth-order valence-electron chi connectivity index (χ4n) is 2.95. The number of amides is 1. The highest BCUT2D eigenvalue weighted by Gasteiger charge is 2.34. The summed E-state index contributed by atoms with van der Waals surface area (Å²) in [5.41, 5.74) is -0.967. The molecule has 1 fully saturated rings. The third-order valence-electron chi connectivity index (χ3n) is 4.73. The Bertz CT molecular complexity index is 1140. The molecule has 0 aliphatic carbocycles. The van der Waals surface area contributed by atoms with Crippen LogP contribution in [0.1, 0.15) is 0 Å². The molecule has 0 unspecified atom stereocenters. The first-order valence-electron chi connectivity index (χ1n) is 8.59. The van der Waals surface area contributed by atoms with Gasteiger partial charge < -0.3 is 10.2 Å². The molecule has 1 aliphatic rings. The topological polar surface area (TPSA) is 120 Å². The number of rotatable bonds is 4. The van der Waals surface area contributed by atoms with Crippen molar-refractivity contribution in [3.05, 3.63) is 57.8 Å². The number of nitrogens with one attached hydrogen (secondary N) is 1. The van der Waals surface area contributed by atoms with E-state index < -0.39 is 11.2 Å². The largest absolute Gasteiger partial charge is 0.355 e. The minimum absolute atomic E-state index is 0.180. The lowest BCUT2D eigenvalue weighted by Crippen LogP contribution is -2.53. The monoisotopic (exact) mass is 382 g/mol. The third kappa shape index (κ3) is 3.06. The number of hydrogen-bond acceptors (Lipinski definition) is 7. The average molecular weight is 382 g/mol. The number of anilines is 2. The number of hydrogen-bond donors (Lipinski definition) is 1. The van der Waals surface area contributed by atoms with Crippen molar-refractivity contribution in [2.45, 2.75) is 0 Å². The zero-order valence-electron chi connectivity index (χ0n) is 15.3. The number of carbonyl (C=O) groups excluding carboxylic acids is 1. The van der Waals surface area contributed by atoms with Gasteiger partial charge in [0.1, 0.15) is 18.0 Å². The lowest BCUT2D eigenvalue weighted by Gasteiger charge is -2.39. The van der Waals surface area contributed by atoms with E-state index in [1.165, 1.54) is 31.1 Å². The Morgan fingerprint density at radius 1 is 1.11 bits per heavy atom. The highest BCUT2D eigenvalue weighted by Crippen LogP contribution is 2.24. The zero-order chi connectivity index (χ0) is 19.8. The molecule has 3 aromatic heterocycles. The highest BCUT2D eigenvalue weighted by molar-refractivity contribution is 5.93. The Morgan fingerprint density at radius 2 is 1.86 bits per heavy atom. The molecule has 28 heavy (non-hydrogen) atoms. The fourth-order valence-corrected chi connectivity index (χ4v) is 2.95. The van der Waals surface area contributed by atoms with E-state index in [-0.39, 0.29) is 17.6 Å². The predicted molar refractivity (Wildman–Crippen MR) is 100 cm³/mol. The van der Waals surface area contributed by atoms with Crippen molar-refractivity contribution in [3.63, 3.8) is 0 Å². The molecule has 3 aromatic rings. The van der Waals surface area contributed by atoms with Gasteiger partial charge in [-0.2, -0.15) is 5.10 Å². The van der Waals surface area contributed by atoms with E-state index in [4.69, 9.17) is 0 Å². The van der Waals surface area contributed by atoms with E-state index in [0.717, 1.165) is 4.57 Å². The fraction of sp³-hybridized carbons (Fsp3) is 0.294. The first-order valence-corrected chi connectivity index (χ1v) is 8.59. The van der Waals surface area contributed by atoms with E-state index in [1.54, 1.807) is 29.2 Å². The number of carbonyl (C=O) groups is 1. The van der Waals surface area contributed by atoms with E-state index in [2.05, 4.69) is 20.4 Å². The second kappa shape index (κ2) is 6.76. The van der Waals surface area contributed by atoms with Crippen LogP contribution in [0.4, 0.5) is 11.6 Å². The molecule has 11 heteroatoms. The Morgan fingerprint density at radius 3 is 2.57 bits per heavy atom. The van der Waals surface area contributed by atoms with Crippen molar-refractivity contribution < 1.29 is 4.79 Å². The van der Waals surface area contributed by atoms with Crippen molar-refractivity contribution in [1.29, 1.82) is 0 Å². The summed E-state index contributed by atoms with van der Waals surface area (Å²) >= 11 is 0. The summed E-state index contributed by atoms with van der Waals surface area (Å²) in [4.78, 5) is 46.6. The summed E-state index contributed by atoms with van der Waals surface area (Å²) in [6, 6.07) is 4.83. The van der Waals surface area contributed by atoms with Crippen LogP contribution in [0.15, 0.2) is 46.5 Å². The second-order valence-electron chi connectivity index (χ2n) is 6.54. The lowest BCUT2D eigenvalue weighted by molar-refractivity contribution is -0.120. The molecule has 0 bridgehead atoms. The van der Waals surface area contributed by atoms with Gasteiger partial charge in [0.25, 0.3) is 5.56 Å². The predicted octanol–water partition coefficient (Wildman–Crippen LogP) is -0.865. The van der Waals surface area contributed by atoms with Crippen LogP contribution in [0.3, 0.4) is 0 Å². The Labute approximate surface area is 158 Å². The number of nitrogens with zero attached hydrogens (tertiary/aromatic N) is 7. The molecular weight excluding hydrogens is 364 g/mol. The molecule has 0 radical (unpaired) electrons. The van der Waals surface area contributed by atoms with Crippen molar-refractivity contribution in [2.24, 2.45) is 20.0 Å². The van der Waals surface area contributed by atoms with E-state index in [1.807, 2.05) is 4.90 Å². The molecule has 0 saturated carbocycles. The zero-order valence-corrected chi connectivity index (χ0v) is 15.3. The van der Waals surface area contributed by atoms with Crippen LogP contribution in [0.5, 0.6) is 0 Å². The van der Waals surface area contributed by atoms with E-state index in [0.29, 0.717) is 24.7 Å². The van der Waals surface area contributed by atoms with E-state index >= 15 is 0 Å². The SMILES string of the molecule is Cn1c(NC(=O)C2CN(c3cc(-n4cccn4)ncn3)C2)cc(=O)n(C)c1=O. The molecule has 0 atom stereocenters. The minimum Gasteiger partial charge on any atom is -0.355 e. The summed E-state index contributed by atoms with van der Waals surface area (Å²) in [6.45, 7) is 0.945. The standard InChI is InChI=1S/C17H18N8O3/c1-22-14(7-15(26)23(2)17(22)28)21-16(27)11-8-24(9-11)12-6-13(19-10-18-12)25-5-3-4-20-25/h3-7,10-11H,8-9H2,1-2H3,(H,21,27). The molecule has 1 aliphatic heterocycles. The molecule has 11 nitrogen and oxygen atoms in total. The summed E-state index contributed by atoms with van der Waals surface area (Å²) in [7, 11) is 2.89. The first kappa shape index (κ1) is 17.6. The third-order valence-corrected chi connectivity index (χ3v) is 4.73. The van der Waals surface area contributed by atoms with Crippen LogP contribution >= 0.6 is 0 Å². The highest BCUT2D eigenvalue weighted by atomic mass is 16.2. The molecule has 144 valence electrons. The maximum atomic E-state index is 12.5. The second-order valence-corrected chi connectivity index (χ2v) is 6.54. The van der Waals surface area contributed by atoms with Crippen LogP contribution in [-0.4, -0.2) is 47.9 Å². The number of aromatic nitrogens is 6. The van der Waals surface area contributed by atoms with Gasteiger partial charge in [-0.15, -0.1) is 0 Å². The molecule has 1 saturated heterocycles. The van der Waals surface area contributed by atoms with Crippen molar-refractivity contribution in [1.82, 2.24) is 28.9 Å². The van der Waals surface area contributed by atoms with Gasteiger partial charge in [-0.1, -0.05) is 0 Å². The van der Waals surface area contributed by atoms with Crippen molar-refractivity contribution >= 4 is 17.5 Å². The van der Waals surface area contributed by atoms with Crippen molar-refractivity contribution in [3.8, 4) is 5.82 Å². The van der Waals surface area contributed by atoms with Gasteiger partial charge in [0.15, 0.2) is 5.82 Å². The Kier molecular flexibility index (Phi) is 4.26. The average Bonchev–Trinajstić information content (AvgIpc) is 3.18. The van der Waals surface area contributed by atoms with Gasteiger partial charge in [0, 0.05) is 51.7 Å². The van der Waals surface area contributed by atoms with Crippen LogP contribution < -0.4 is 21.5 Å². The molecular formula is C17H18N8O3. The smallest absolute Gasteiger partial charge is 0.332 e. The van der Waals surface area contributed by atoms with Crippen LogP contribution in [0.2, 0.25) is 0 Å². The first-order chi connectivity index (χ1) is 13.4. The van der Waals surface area contributed by atoms with Crippen LogP contribution in [0, 0.1) is 5.92 Å². The molecule has 4 rings (SSSR count). The van der Waals surface area contributed by atoms with E-state index in [9.17, 15) is 14.4 Å². The molecule has 1 amide bonds. The van der Waals surface area contributed by atoms with Crippen molar-refractivity contribution in [2.75, 3.05) is 23.3 Å². The molecule has 1 N–H and O–H groups in total. The maximum absolute atomic E-state index is 12.5. The minimum atomic E-state index is -0.495. The van der Waals surface area contributed by atoms with Crippen LogP contribution in [0.25, 0.3) is 5.82 Å². The van der Waals surface area contributed by atoms with Gasteiger partial charge >= 0.3 is 5.69 Å². The summed E-state index contributed by atoms with van der Waals surface area (Å²) in [6.07, 6.45) is 4.90. The lowest BCUT2D eigenvalue weighted by atomic mass is 9.99. The van der Waals surface area contributed by atoms with Gasteiger partial charge in [-0.05, 0) is 6.07 Å². The summed E-state index contributed by atoms with van der Waals surface area (Å²) < 4.78 is 3.84. The quantitative estimate of drug-likeness (QED) is 0.623. The maximum Gasteiger partial charge on any atom is 0.332 e. The molecule has 4 heterocycles. The van der Waals surface area contributed by atoms with Gasteiger partial charge in [0.05, 0.1) is 5.92 Å². The van der Waals surface area contributed by atoms with Gasteiger partial charge in [-0.25, -0.2) is 19.4 Å². The van der Waals surface area contributed by atoms with Gasteiger partial charge in [0.2, 0.25) is 5.91 Å². The summed E-state index contributed by atoms with van der Waals surface area (Å²) in [5, 5.41) is 6.80. The normalized spacial score (nSPS) is 14.0. The molecule has 0 aromatic carbocycles. The summed E-state index contributed by atoms with van der Waals surface area (Å²) in [5.74, 6) is 0.992. The Balaban J connectivity index is 1.43. The van der Waals surface area contributed by atoms with Crippen LogP contribution in [-0.2, 0) is 18.9 Å². The van der Waals surface area contributed by atoms with Gasteiger partial charge in [-0.3, -0.25) is 18.7 Å².